The Bertz CT molecular complexity index is 924. The van der Waals surface area contributed by atoms with Crippen LogP contribution in [0.4, 0.5) is 5.69 Å². The van der Waals surface area contributed by atoms with E-state index in [0.717, 1.165) is 17.1 Å². The number of rotatable bonds is 5. The molecule has 138 valence electrons. The number of pyridine rings is 1. The highest BCUT2D eigenvalue weighted by Crippen LogP contribution is 2.44. The van der Waals surface area contributed by atoms with Crippen molar-refractivity contribution in [1.82, 2.24) is 10.3 Å². The molecule has 1 N–H and O–H groups in total. The zero-order valence-electron chi connectivity index (χ0n) is 15.3. The van der Waals surface area contributed by atoms with Gasteiger partial charge >= 0.3 is 0 Å². The van der Waals surface area contributed by atoms with Crippen LogP contribution in [0.2, 0.25) is 0 Å². The van der Waals surface area contributed by atoms with Crippen molar-refractivity contribution in [3.63, 3.8) is 0 Å². The molecule has 0 amide bonds. The van der Waals surface area contributed by atoms with Crippen LogP contribution in [0, 0.1) is 6.92 Å². The number of hydrogen-bond donors (Lipinski definition) is 1. The largest absolute Gasteiger partial charge is 0.494 e. The number of benzene rings is 1. The van der Waals surface area contributed by atoms with Gasteiger partial charge in [0, 0.05) is 16.8 Å². The number of ether oxygens (including phenoxy) is 1. The maximum Gasteiger partial charge on any atom is 0.174 e. The molecule has 0 aliphatic carbocycles. The van der Waals surface area contributed by atoms with E-state index in [1.807, 2.05) is 37.4 Å². The van der Waals surface area contributed by atoms with E-state index in [9.17, 15) is 0 Å². The fraction of sp³-hybridized carbons (Fsp3) is 0.238. The van der Waals surface area contributed by atoms with Crippen LogP contribution in [0.3, 0.4) is 0 Å². The first-order valence-electron chi connectivity index (χ1n) is 8.96. The van der Waals surface area contributed by atoms with Crippen LogP contribution in [0.25, 0.3) is 0 Å². The fourth-order valence-electron chi connectivity index (χ4n) is 3.46. The zero-order chi connectivity index (χ0) is 18.8. The summed E-state index contributed by atoms with van der Waals surface area (Å²) in [5.74, 6) is 0.865. The Balaban J connectivity index is 1.77. The zero-order valence-corrected chi connectivity index (χ0v) is 16.9. The van der Waals surface area contributed by atoms with E-state index in [0.29, 0.717) is 11.7 Å². The van der Waals surface area contributed by atoms with E-state index in [1.165, 1.54) is 10.4 Å². The molecule has 1 saturated heterocycles. The van der Waals surface area contributed by atoms with Crippen molar-refractivity contribution in [2.75, 3.05) is 11.5 Å². The van der Waals surface area contributed by atoms with Crippen LogP contribution in [-0.4, -0.2) is 16.7 Å². The minimum absolute atomic E-state index is 0.00242. The maximum absolute atomic E-state index is 5.74. The predicted octanol–water partition coefficient (Wildman–Crippen LogP) is 5.03. The maximum atomic E-state index is 5.74. The molecular formula is C21H21N3OS2. The minimum Gasteiger partial charge on any atom is -0.494 e. The molecule has 1 aliphatic heterocycles. The van der Waals surface area contributed by atoms with Crippen molar-refractivity contribution < 1.29 is 4.74 Å². The molecule has 1 aromatic carbocycles. The Morgan fingerprint density at radius 2 is 2.00 bits per heavy atom. The van der Waals surface area contributed by atoms with Crippen molar-refractivity contribution >= 4 is 34.4 Å². The van der Waals surface area contributed by atoms with E-state index in [4.69, 9.17) is 17.0 Å². The lowest BCUT2D eigenvalue weighted by molar-refractivity contribution is 0.340. The standard InChI is InChI=1S/C21H21N3OS2/c1-3-25-16-9-7-15(8-10-16)24-19(20-14(2)11-13-27-20)18(23-21(24)26)17-6-4-5-12-22-17/h4-13,18-19H,3H2,1-2H3,(H,23,26)/t18-,19+/m1/s1. The quantitative estimate of drug-likeness (QED) is 0.614. The highest BCUT2D eigenvalue weighted by Gasteiger charge is 2.41. The van der Waals surface area contributed by atoms with Gasteiger partial charge in [0.05, 0.1) is 24.4 Å². The third-order valence-corrected chi connectivity index (χ3v) is 6.10. The van der Waals surface area contributed by atoms with Crippen molar-refractivity contribution in [1.29, 1.82) is 0 Å². The summed E-state index contributed by atoms with van der Waals surface area (Å²) in [6, 6.07) is 16.4. The molecule has 1 aliphatic rings. The molecule has 0 bridgehead atoms. The van der Waals surface area contributed by atoms with Gasteiger partial charge in [0.2, 0.25) is 0 Å². The molecule has 0 radical (unpaired) electrons. The summed E-state index contributed by atoms with van der Waals surface area (Å²) in [6.45, 7) is 4.79. The molecule has 1 fully saturated rings. The molecule has 0 saturated carbocycles. The number of thiophene rings is 1. The van der Waals surface area contributed by atoms with E-state index >= 15 is 0 Å². The van der Waals surface area contributed by atoms with Gasteiger partial charge in [-0.25, -0.2) is 0 Å². The summed E-state index contributed by atoms with van der Waals surface area (Å²) in [7, 11) is 0. The summed E-state index contributed by atoms with van der Waals surface area (Å²) in [5, 5.41) is 6.35. The van der Waals surface area contributed by atoms with Crippen LogP contribution in [0.15, 0.2) is 60.1 Å². The number of aryl methyl sites for hydroxylation is 1. The summed E-state index contributed by atoms with van der Waals surface area (Å²) < 4.78 is 5.58. The van der Waals surface area contributed by atoms with Gasteiger partial charge in [-0.3, -0.25) is 4.98 Å². The van der Waals surface area contributed by atoms with E-state index in [-0.39, 0.29) is 12.1 Å². The van der Waals surface area contributed by atoms with Crippen LogP contribution < -0.4 is 15.0 Å². The molecule has 3 heterocycles. The van der Waals surface area contributed by atoms with E-state index < -0.39 is 0 Å². The number of hydrogen-bond acceptors (Lipinski definition) is 4. The Labute approximate surface area is 168 Å². The van der Waals surface area contributed by atoms with Crippen molar-refractivity contribution in [3.8, 4) is 5.75 Å². The third kappa shape index (κ3) is 3.42. The summed E-state index contributed by atoms with van der Waals surface area (Å²) in [6.07, 6.45) is 1.83. The van der Waals surface area contributed by atoms with E-state index in [2.05, 4.69) is 51.8 Å². The molecule has 4 nitrogen and oxygen atoms in total. The average Bonchev–Trinajstić information content (AvgIpc) is 3.26. The Hall–Kier alpha value is -2.44. The Morgan fingerprint density at radius 3 is 2.63 bits per heavy atom. The Kier molecular flexibility index (Phi) is 5.09. The smallest absolute Gasteiger partial charge is 0.174 e. The molecule has 6 heteroatoms. The highest BCUT2D eigenvalue weighted by molar-refractivity contribution is 7.80. The highest BCUT2D eigenvalue weighted by atomic mass is 32.1. The van der Waals surface area contributed by atoms with Crippen molar-refractivity contribution in [2.45, 2.75) is 25.9 Å². The first-order valence-corrected chi connectivity index (χ1v) is 10.3. The minimum atomic E-state index is 0.00242. The normalized spacial score (nSPS) is 19.2. The first kappa shape index (κ1) is 17.9. The van der Waals surface area contributed by atoms with Crippen LogP contribution in [0.1, 0.15) is 35.1 Å². The van der Waals surface area contributed by atoms with Gasteiger partial charge < -0.3 is 15.0 Å². The number of anilines is 1. The van der Waals surface area contributed by atoms with Crippen LogP contribution in [0.5, 0.6) is 5.75 Å². The molecule has 4 rings (SSSR count). The van der Waals surface area contributed by atoms with Gasteiger partial charge in [-0.15, -0.1) is 11.3 Å². The lowest BCUT2D eigenvalue weighted by Crippen LogP contribution is -2.29. The molecule has 0 spiro atoms. The summed E-state index contributed by atoms with van der Waals surface area (Å²) in [5.41, 5.74) is 3.31. The number of aromatic nitrogens is 1. The van der Waals surface area contributed by atoms with Gasteiger partial charge in [-0.1, -0.05) is 6.07 Å². The summed E-state index contributed by atoms with van der Waals surface area (Å²) >= 11 is 7.50. The topological polar surface area (TPSA) is 37.4 Å². The number of nitrogens with zero attached hydrogens (tertiary/aromatic N) is 2. The van der Waals surface area contributed by atoms with E-state index in [1.54, 1.807) is 11.3 Å². The van der Waals surface area contributed by atoms with Gasteiger partial charge in [-0.2, -0.15) is 0 Å². The van der Waals surface area contributed by atoms with Crippen LogP contribution in [-0.2, 0) is 0 Å². The third-order valence-electron chi connectivity index (χ3n) is 4.69. The molecule has 3 aromatic rings. The van der Waals surface area contributed by atoms with Gasteiger partial charge in [-0.05, 0) is 79.5 Å². The number of thiocarbonyl (C=S) groups is 1. The lowest BCUT2D eigenvalue weighted by atomic mass is 10.0. The second-order valence-electron chi connectivity index (χ2n) is 6.39. The van der Waals surface area contributed by atoms with Gasteiger partial charge in [0.1, 0.15) is 5.75 Å². The van der Waals surface area contributed by atoms with Gasteiger partial charge in [0.15, 0.2) is 5.11 Å². The van der Waals surface area contributed by atoms with Crippen molar-refractivity contribution in [3.05, 3.63) is 76.2 Å². The molecule has 27 heavy (non-hydrogen) atoms. The number of nitrogens with one attached hydrogen (secondary N) is 1. The molecular weight excluding hydrogens is 374 g/mol. The first-order chi connectivity index (χ1) is 13.2. The second kappa shape index (κ2) is 7.66. The molecule has 2 atom stereocenters. The molecule has 0 unspecified atom stereocenters. The second-order valence-corrected chi connectivity index (χ2v) is 7.73. The van der Waals surface area contributed by atoms with Crippen LogP contribution >= 0.6 is 23.6 Å². The van der Waals surface area contributed by atoms with Crippen molar-refractivity contribution in [2.24, 2.45) is 0 Å². The van der Waals surface area contributed by atoms with Gasteiger partial charge in [0.25, 0.3) is 0 Å². The average molecular weight is 396 g/mol. The predicted molar refractivity (Wildman–Crippen MR) is 115 cm³/mol. The molecule has 2 aromatic heterocycles. The Morgan fingerprint density at radius 1 is 1.19 bits per heavy atom. The fourth-order valence-corrected chi connectivity index (χ4v) is 4.86. The lowest BCUT2D eigenvalue weighted by Gasteiger charge is -2.27. The SMILES string of the molecule is CCOc1ccc(N2C(=S)N[C@H](c3ccccn3)[C@H]2c2sccc2C)cc1. The monoisotopic (exact) mass is 395 g/mol. The summed E-state index contributed by atoms with van der Waals surface area (Å²) in [4.78, 5) is 8.08.